The smallest absolute Gasteiger partial charge is 0.170 e. The van der Waals surface area contributed by atoms with Crippen LogP contribution in [0.5, 0.6) is 0 Å². The van der Waals surface area contributed by atoms with E-state index in [1.807, 2.05) is 0 Å². The van der Waals surface area contributed by atoms with Crippen LogP contribution in [0.15, 0.2) is 4.52 Å². The molecule has 3 atom stereocenters. The van der Waals surface area contributed by atoms with Crippen molar-refractivity contribution in [3.05, 3.63) is 11.3 Å². The number of aromatic nitrogens is 1. The summed E-state index contributed by atoms with van der Waals surface area (Å²) < 4.78 is 5.45. The van der Waals surface area contributed by atoms with Gasteiger partial charge in [-0.1, -0.05) is 25.4 Å². The first kappa shape index (κ1) is 11.1. The predicted octanol–water partition coefficient (Wildman–Crippen LogP) is 3.36. The van der Waals surface area contributed by atoms with Gasteiger partial charge in [-0.05, 0) is 42.9 Å². The molecule has 2 N–H and O–H groups in total. The van der Waals surface area contributed by atoms with Gasteiger partial charge in [0, 0.05) is 12.0 Å². The van der Waals surface area contributed by atoms with E-state index in [0.29, 0.717) is 11.7 Å². The highest BCUT2D eigenvalue weighted by Crippen LogP contribution is 2.49. The van der Waals surface area contributed by atoms with Gasteiger partial charge in [-0.3, -0.25) is 0 Å². The highest BCUT2D eigenvalue weighted by Gasteiger charge is 2.40. The maximum absolute atomic E-state index is 5.89. The van der Waals surface area contributed by atoms with Crippen molar-refractivity contribution in [2.45, 2.75) is 51.9 Å². The van der Waals surface area contributed by atoms with Crippen LogP contribution in [0.4, 0.5) is 5.82 Å². The zero-order valence-corrected chi connectivity index (χ0v) is 10.8. The van der Waals surface area contributed by atoms with Crippen molar-refractivity contribution in [1.29, 1.82) is 0 Å². The van der Waals surface area contributed by atoms with Crippen molar-refractivity contribution in [3.63, 3.8) is 0 Å². The van der Waals surface area contributed by atoms with E-state index in [2.05, 4.69) is 19.0 Å². The summed E-state index contributed by atoms with van der Waals surface area (Å²) in [6.07, 6.45) is 6.78. The van der Waals surface area contributed by atoms with Gasteiger partial charge in [0.2, 0.25) is 0 Å². The zero-order valence-electron chi connectivity index (χ0n) is 10.8. The molecule has 94 valence electrons. The van der Waals surface area contributed by atoms with Crippen molar-refractivity contribution in [1.82, 2.24) is 5.16 Å². The van der Waals surface area contributed by atoms with Gasteiger partial charge in [0.1, 0.15) is 5.76 Å². The normalized spacial score (nSPS) is 31.6. The Hall–Kier alpha value is -0.990. The molecule has 0 aliphatic heterocycles. The first-order valence-electron chi connectivity index (χ1n) is 6.89. The molecule has 3 rings (SSSR count). The molecule has 0 spiro atoms. The quantitative estimate of drug-likeness (QED) is 0.872. The number of nitrogen functional groups attached to an aromatic ring is 1. The molecule has 2 fully saturated rings. The van der Waals surface area contributed by atoms with Crippen molar-refractivity contribution in [2.75, 3.05) is 5.73 Å². The summed E-state index contributed by atoms with van der Waals surface area (Å²) in [5.41, 5.74) is 7.03. The lowest BCUT2D eigenvalue weighted by Crippen LogP contribution is -2.14. The van der Waals surface area contributed by atoms with Gasteiger partial charge in [-0.2, -0.15) is 0 Å². The van der Waals surface area contributed by atoms with Crippen LogP contribution in [-0.4, -0.2) is 5.16 Å². The minimum Gasteiger partial charge on any atom is -0.381 e. The molecule has 2 saturated carbocycles. The number of hydrogen-bond acceptors (Lipinski definition) is 3. The Balaban J connectivity index is 1.77. The van der Waals surface area contributed by atoms with E-state index in [1.165, 1.54) is 25.7 Å². The molecule has 0 radical (unpaired) electrons. The van der Waals surface area contributed by atoms with Gasteiger partial charge in [-0.25, -0.2) is 0 Å². The van der Waals surface area contributed by atoms with Crippen LogP contribution in [0.3, 0.4) is 0 Å². The summed E-state index contributed by atoms with van der Waals surface area (Å²) in [4.78, 5) is 0. The maximum atomic E-state index is 5.89. The first-order chi connectivity index (χ1) is 8.15. The number of nitrogens with two attached hydrogens (primary N) is 1. The Morgan fingerprint density at radius 3 is 2.76 bits per heavy atom. The first-order valence-corrected chi connectivity index (χ1v) is 6.89. The number of fused-ring (bicyclic) bond motifs is 2. The van der Waals surface area contributed by atoms with Gasteiger partial charge in [-0.15, -0.1) is 0 Å². The predicted molar refractivity (Wildman–Crippen MR) is 67.6 cm³/mol. The highest BCUT2D eigenvalue weighted by atomic mass is 16.5. The van der Waals surface area contributed by atoms with Crippen molar-refractivity contribution >= 4 is 5.82 Å². The van der Waals surface area contributed by atoms with E-state index in [9.17, 15) is 0 Å². The second-order valence-electron chi connectivity index (χ2n) is 6.20. The second kappa shape index (κ2) is 4.04. The molecular formula is C14H22N2O. The topological polar surface area (TPSA) is 52.0 Å². The largest absolute Gasteiger partial charge is 0.381 e. The van der Waals surface area contributed by atoms with E-state index in [1.54, 1.807) is 0 Å². The Bertz CT molecular complexity index is 410. The maximum Gasteiger partial charge on any atom is 0.170 e. The molecule has 2 bridgehead atoms. The van der Waals surface area contributed by atoms with Crippen LogP contribution in [0.25, 0.3) is 0 Å². The lowest BCUT2D eigenvalue weighted by atomic mass is 9.84. The van der Waals surface area contributed by atoms with Crippen LogP contribution in [0, 0.1) is 17.8 Å². The fourth-order valence-corrected chi connectivity index (χ4v) is 3.98. The third-order valence-corrected chi connectivity index (χ3v) is 4.74. The average Bonchev–Trinajstić information content (AvgIpc) is 2.93. The molecule has 2 aliphatic rings. The zero-order chi connectivity index (χ0) is 12.0. The van der Waals surface area contributed by atoms with E-state index < -0.39 is 0 Å². The van der Waals surface area contributed by atoms with Crippen LogP contribution in [-0.2, 0) is 6.42 Å². The molecule has 1 heterocycles. The fourth-order valence-electron chi connectivity index (χ4n) is 3.98. The molecule has 3 unspecified atom stereocenters. The monoisotopic (exact) mass is 234 g/mol. The highest BCUT2D eigenvalue weighted by molar-refractivity contribution is 5.42. The minimum absolute atomic E-state index is 0.412. The Morgan fingerprint density at radius 1 is 1.35 bits per heavy atom. The summed E-state index contributed by atoms with van der Waals surface area (Å²) in [6, 6.07) is 0. The van der Waals surface area contributed by atoms with Gasteiger partial charge in [0.25, 0.3) is 0 Å². The van der Waals surface area contributed by atoms with Crippen molar-refractivity contribution in [3.8, 4) is 0 Å². The molecule has 3 heteroatoms. The van der Waals surface area contributed by atoms with Gasteiger partial charge < -0.3 is 10.3 Å². The number of rotatable bonds is 3. The van der Waals surface area contributed by atoms with Gasteiger partial charge >= 0.3 is 0 Å². The Morgan fingerprint density at radius 2 is 2.18 bits per heavy atom. The molecule has 0 saturated heterocycles. The van der Waals surface area contributed by atoms with E-state index in [0.717, 1.165) is 35.5 Å². The average molecular weight is 234 g/mol. The standard InChI is InChI=1S/C14H22N2O/c1-8(2)13-12(17-16-14(13)15)7-11-6-9-3-4-10(11)5-9/h8-11H,3-7H2,1-2H3,(H2,15,16). The lowest BCUT2D eigenvalue weighted by Gasteiger charge is -2.20. The lowest BCUT2D eigenvalue weighted by molar-refractivity contribution is 0.292. The van der Waals surface area contributed by atoms with E-state index in [4.69, 9.17) is 10.3 Å². The molecule has 2 aliphatic carbocycles. The van der Waals surface area contributed by atoms with Crippen molar-refractivity contribution < 1.29 is 4.52 Å². The van der Waals surface area contributed by atoms with Crippen molar-refractivity contribution in [2.24, 2.45) is 17.8 Å². The molecule has 17 heavy (non-hydrogen) atoms. The summed E-state index contributed by atoms with van der Waals surface area (Å²) in [7, 11) is 0. The van der Waals surface area contributed by atoms with Crippen LogP contribution in [0.2, 0.25) is 0 Å². The van der Waals surface area contributed by atoms with Crippen LogP contribution in [0.1, 0.15) is 56.8 Å². The molecular weight excluding hydrogens is 212 g/mol. The molecule has 0 aromatic carbocycles. The molecule has 1 aromatic heterocycles. The summed E-state index contributed by atoms with van der Waals surface area (Å²) in [5, 5.41) is 3.94. The third-order valence-electron chi connectivity index (χ3n) is 4.74. The van der Waals surface area contributed by atoms with Crippen LogP contribution >= 0.6 is 0 Å². The van der Waals surface area contributed by atoms with E-state index >= 15 is 0 Å². The SMILES string of the molecule is CC(C)c1c(N)noc1CC1CC2CCC1C2. The van der Waals surface area contributed by atoms with E-state index in [-0.39, 0.29) is 0 Å². The molecule has 3 nitrogen and oxygen atoms in total. The molecule has 1 aromatic rings. The Labute approximate surface area is 103 Å². The van der Waals surface area contributed by atoms with Crippen LogP contribution < -0.4 is 5.73 Å². The Kier molecular flexibility index (Phi) is 2.64. The summed E-state index contributed by atoms with van der Waals surface area (Å²) >= 11 is 0. The fraction of sp³-hybridized carbons (Fsp3) is 0.786. The number of anilines is 1. The number of hydrogen-bond donors (Lipinski definition) is 1. The summed E-state index contributed by atoms with van der Waals surface area (Å²) in [5.74, 6) is 4.81. The van der Waals surface area contributed by atoms with Gasteiger partial charge in [0.15, 0.2) is 5.82 Å². The third kappa shape index (κ3) is 1.85. The second-order valence-corrected chi connectivity index (χ2v) is 6.20. The number of nitrogens with zero attached hydrogens (tertiary/aromatic N) is 1. The molecule has 0 amide bonds. The van der Waals surface area contributed by atoms with Gasteiger partial charge in [0.05, 0.1) is 0 Å². The summed E-state index contributed by atoms with van der Waals surface area (Å²) in [6.45, 7) is 4.32. The minimum atomic E-state index is 0.412.